The van der Waals surface area contributed by atoms with Gasteiger partial charge in [-0.25, -0.2) is 0 Å². The van der Waals surface area contributed by atoms with Crippen LogP contribution in [-0.2, 0) is 17.9 Å². The van der Waals surface area contributed by atoms with Gasteiger partial charge in [-0.1, -0.05) is 6.07 Å². The van der Waals surface area contributed by atoms with Crippen molar-refractivity contribution in [1.29, 1.82) is 0 Å². The maximum Gasteiger partial charge on any atom is 0.225 e. The maximum absolute atomic E-state index is 11.5. The van der Waals surface area contributed by atoms with Gasteiger partial charge in [-0.2, -0.15) is 0 Å². The van der Waals surface area contributed by atoms with Crippen LogP contribution in [0.3, 0.4) is 0 Å². The molecule has 0 spiro atoms. The van der Waals surface area contributed by atoms with Crippen molar-refractivity contribution in [2.45, 2.75) is 39.4 Å². The second kappa shape index (κ2) is 5.50. The predicted octanol–water partition coefficient (Wildman–Crippen LogP) is 1.70. The van der Waals surface area contributed by atoms with Crippen LogP contribution in [0.4, 0.5) is 5.69 Å². The van der Waals surface area contributed by atoms with E-state index in [0.29, 0.717) is 19.0 Å². The first kappa shape index (κ1) is 13.1. The van der Waals surface area contributed by atoms with Crippen molar-refractivity contribution in [3.8, 4) is 0 Å². The van der Waals surface area contributed by atoms with Crippen LogP contribution in [0.25, 0.3) is 0 Å². The summed E-state index contributed by atoms with van der Waals surface area (Å²) in [6.07, 6.45) is 0.370. The Bertz CT molecular complexity index is 443. The Hall–Kier alpha value is -1.39. The number of amides is 1. The molecule has 1 aromatic carbocycles. The third kappa shape index (κ3) is 2.89. The van der Waals surface area contributed by atoms with Crippen LogP contribution in [0.15, 0.2) is 18.2 Å². The van der Waals surface area contributed by atoms with Crippen LogP contribution in [0, 0.1) is 0 Å². The lowest BCUT2D eigenvalue weighted by molar-refractivity contribution is -0.116. The van der Waals surface area contributed by atoms with Crippen LogP contribution >= 0.6 is 0 Å². The van der Waals surface area contributed by atoms with Crippen molar-refractivity contribution >= 4 is 11.6 Å². The normalized spacial score (nSPS) is 14.9. The van der Waals surface area contributed by atoms with Gasteiger partial charge in [0.15, 0.2) is 0 Å². The molecule has 0 bridgehead atoms. The average Bonchev–Trinajstić information content (AvgIpc) is 2.72. The molecule has 0 aromatic heterocycles. The zero-order valence-corrected chi connectivity index (χ0v) is 11.1. The van der Waals surface area contributed by atoms with Crippen molar-refractivity contribution in [1.82, 2.24) is 4.90 Å². The second-order valence-corrected chi connectivity index (χ2v) is 5.07. The standard InChI is InChI=1S/C14H21N3O/c1-10(2)17-8-11-3-4-13(7-12(11)9-17)16-14(18)5-6-15/h3-4,7,10H,5-6,8-9,15H2,1-2H3,(H,16,18). The number of benzene rings is 1. The molecular weight excluding hydrogens is 226 g/mol. The zero-order valence-electron chi connectivity index (χ0n) is 11.1. The van der Waals surface area contributed by atoms with Crippen molar-refractivity contribution in [2.75, 3.05) is 11.9 Å². The van der Waals surface area contributed by atoms with Gasteiger partial charge in [-0.3, -0.25) is 9.69 Å². The minimum absolute atomic E-state index is 0.0174. The molecule has 4 heteroatoms. The van der Waals surface area contributed by atoms with Gasteiger partial charge in [0.1, 0.15) is 0 Å². The van der Waals surface area contributed by atoms with E-state index in [0.717, 1.165) is 18.8 Å². The summed E-state index contributed by atoms with van der Waals surface area (Å²) < 4.78 is 0. The number of carbonyl (C=O) groups excluding carboxylic acids is 1. The van der Waals surface area contributed by atoms with Crippen LogP contribution in [-0.4, -0.2) is 23.4 Å². The van der Waals surface area contributed by atoms with Crippen molar-refractivity contribution in [3.63, 3.8) is 0 Å². The molecular formula is C14H21N3O. The fraction of sp³-hybridized carbons (Fsp3) is 0.500. The molecule has 3 N–H and O–H groups in total. The Labute approximate surface area is 108 Å². The lowest BCUT2D eigenvalue weighted by atomic mass is 10.1. The second-order valence-electron chi connectivity index (χ2n) is 5.07. The molecule has 4 nitrogen and oxygen atoms in total. The fourth-order valence-electron chi connectivity index (χ4n) is 2.22. The molecule has 0 saturated carbocycles. The Morgan fingerprint density at radius 2 is 2.11 bits per heavy atom. The number of rotatable bonds is 4. The molecule has 1 aliphatic heterocycles. The third-order valence-electron chi connectivity index (χ3n) is 3.34. The molecule has 0 atom stereocenters. The van der Waals surface area contributed by atoms with Crippen molar-refractivity contribution in [3.05, 3.63) is 29.3 Å². The smallest absolute Gasteiger partial charge is 0.225 e. The first-order valence-corrected chi connectivity index (χ1v) is 6.46. The highest BCUT2D eigenvalue weighted by atomic mass is 16.1. The van der Waals surface area contributed by atoms with Crippen LogP contribution < -0.4 is 11.1 Å². The lowest BCUT2D eigenvalue weighted by Gasteiger charge is -2.18. The van der Waals surface area contributed by atoms with Gasteiger partial charge in [-0.15, -0.1) is 0 Å². The minimum atomic E-state index is -0.0174. The Morgan fingerprint density at radius 1 is 1.39 bits per heavy atom. The van der Waals surface area contributed by atoms with E-state index >= 15 is 0 Å². The molecule has 0 saturated heterocycles. The third-order valence-corrected chi connectivity index (χ3v) is 3.34. The summed E-state index contributed by atoms with van der Waals surface area (Å²) in [6, 6.07) is 6.70. The first-order chi connectivity index (χ1) is 8.60. The SMILES string of the molecule is CC(C)N1Cc2ccc(NC(=O)CCN)cc2C1. The summed E-state index contributed by atoms with van der Waals surface area (Å²) in [5, 5.41) is 2.88. The summed E-state index contributed by atoms with van der Waals surface area (Å²) in [4.78, 5) is 13.9. The highest BCUT2D eigenvalue weighted by Gasteiger charge is 2.21. The Kier molecular flexibility index (Phi) is 3.99. The molecule has 0 aliphatic carbocycles. The van der Waals surface area contributed by atoms with E-state index < -0.39 is 0 Å². The molecule has 18 heavy (non-hydrogen) atoms. The van der Waals surface area contributed by atoms with Gasteiger partial charge in [0.05, 0.1) is 0 Å². The Balaban J connectivity index is 2.06. The highest BCUT2D eigenvalue weighted by molar-refractivity contribution is 5.90. The number of hydrogen-bond donors (Lipinski definition) is 2. The number of hydrogen-bond acceptors (Lipinski definition) is 3. The highest BCUT2D eigenvalue weighted by Crippen LogP contribution is 2.27. The molecule has 98 valence electrons. The zero-order chi connectivity index (χ0) is 13.1. The van der Waals surface area contributed by atoms with E-state index in [1.54, 1.807) is 0 Å². The van der Waals surface area contributed by atoms with E-state index in [1.807, 2.05) is 6.07 Å². The van der Waals surface area contributed by atoms with E-state index in [4.69, 9.17) is 5.73 Å². The van der Waals surface area contributed by atoms with Gasteiger partial charge >= 0.3 is 0 Å². The Morgan fingerprint density at radius 3 is 2.78 bits per heavy atom. The molecule has 0 radical (unpaired) electrons. The van der Waals surface area contributed by atoms with Crippen LogP contribution in [0.5, 0.6) is 0 Å². The number of nitrogens with one attached hydrogen (secondary N) is 1. The number of nitrogens with zero attached hydrogens (tertiary/aromatic N) is 1. The summed E-state index contributed by atoms with van der Waals surface area (Å²) in [5.41, 5.74) is 8.91. The van der Waals surface area contributed by atoms with Gasteiger partial charge in [0.25, 0.3) is 0 Å². The van der Waals surface area contributed by atoms with Gasteiger partial charge < -0.3 is 11.1 Å². The van der Waals surface area contributed by atoms with Gasteiger partial charge in [0, 0.05) is 37.8 Å². The van der Waals surface area contributed by atoms with Crippen molar-refractivity contribution in [2.24, 2.45) is 5.73 Å². The number of fused-ring (bicyclic) bond motifs is 1. The van der Waals surface area contributed by atoms with E-state index in [1.165, 1.54) is 11.1 Å². The number of nitrogens with two attached hydrogens (primary N) is 1. The summed E-state index contributed by atoms with van der Waals surface area (Å²) in [5.74, 6) is -0.0174. The summed E-state index contributed by atoms with van der Waals surface area (Å²) >= 11 is 0. The van der Waals surface area contributed by atoms with E-state index in [-0.39, 0.29) is 5.91 Å². The molecule has 2 rings (SSSR count). The first-order valence-electron chi connectivity index (χ1n) is 6.46. The molecule has 1 heterocycles. The average molecular weight is 247 g/mol. The summed E-state index contributed by atoms with van der Waals surface area (Å²) in [7, 11) is 0. The minimum Gasteiger partial charge on any atom is -0.330 e. The molecule has 1 aliphatic rings. The monoisotopic (exact) mass is 247 g/mol. The van der Waals surface area contributed by atoms with E-state index in [9.17, 15) is 4.79 Å². The molecule has 0 unspecified atom stereocenters. The van der Waals surface area contributed by atoms with Crippen LogP contribution in [0.2, 0.25) is 0 Å². The molecule has 1 amide bonds. The lowest BCUT2D eigenvalue weighted by Crippen LogP contribution is -2.24. The quantitative estimate of drug-likeness (QED) is 0.851. The number of carbonyl (C=O) groups is 1. The van der Waals surface area contributed by atoms with Crippen molar-refractivity contribution < 1.29 is 4.79 Å². The molecule has 0 fully saturated rings. The fourth-order valence-corrected chi connectivity index (χ4v) is 2.22. The maximum atomic E-state index is 11.5. The summed E-state index contributed by atoms with van der Waals surface area (Å²) in [6.45, 7) is 6.77. The molecule has 1 aromatic rings. The number of anilines is 1. The van der Waals surface area contributed by atoms with Crippen LogP contribution in [0.1, 0.15) is 31.4 Å². The topological polar surface area (TPSA) is 58.4 Å². The largest absolute Gasteiger partial charge is 0.330 e. The van der Waals surface area contributed by atoms with Gasteiger partial charge in [0.2, 0.25) is 5.91 Å². The van der Waals surface area contributed by atoms with Gasteiger partial charge in [-0.05, 0) is 37.1 Å². The predicted molar refractivity (Wildman–Crippen MR) is 73.1 cm³/mol. The van der Waals surface area contributed by atoms with E-state index in [2.05, 4.69) is 36.2 Å².